The van der Waals surface area contributed by atoms with Crippen LogP contribution in [0, 0.1) is 0 Å². The van der Waals surface area contributed by atoms with Gasteiger partial charge in [-0.25, -0.2) is 0 Å². The van der Waals surface area contributed by atoms with Crippen molar-refractivity contribution >= 4 is 0 Å². The Balaban J connectivity index is 0.00000144. The minimum Gasteiger partial charge on any atom is -1.00 e. The summed E-state index contributed by atoms with van der Waals surface area (Å²) in [5, 5.41) is 0. The summed E-state index contributed by atoms with van der Waals surface area (Å²) in [6.45, 7) is 6.71. The molecule has 17 heavy (non-hydrogen) atoms. The Hall–Kier alpha value is 0.430. The Morgan fingerprint density at radius 2 is 1.65 bits per heavy atom. The van der Waals surface area contributed by atoms with Crippen molar-refractivity contribution in [3.63, 3.8) is 0 Å². The van der Waals surface area contributed by atoms with Crippen molar-refractivity contribution in [2.45, 2.75) is 64.3 Å². The van der Waals surface area contributed by atoms with Crippen LogP contribution in [0.3, 0.4) is 0 Å². The molecule has 1 heterocycles. The van der Waals surface area contributed by atoms with Crippen LogP contribution in [-0.2, 0) is 0 Å². The molecular formula is C15H28IN. The van der Waals surface area contributed by atoms with E-state index >= 15 is 0 Å². The molecule has 1 saturated heterocycles. The molecule has 0 aromatic heterocycles. The maximum Gasteiger partial charge on any atom is 0.0893 e. The molecule has 2 rings (SSSR count). The number of hydrogen-bond donors (Lipinski definition) is 0. The molecule has 1 unspecified atom stereocenters. The van der Waals surface area contributed by atoms with Crippen LogP contribution in [0.25, 0.3) is 0 Å². The van der Waals surface area contributed by atoms with E-state index in [1.165, 1.54) is 75.5 Å². The molecule has 1 nitrogen and oxygen atoms in total. The summed E-state index contributed by atoms with van der Waals surface area (Å²) in [5.41, 5.74) is 0. The maximum atomic E-state index is 2.42. The molecule has 2 heteroatoms. The Labute approximate surface area is 124 Å². The van der Waals surface area contributed by atoms with Gasteiger partial charge in [-0.15, -0.1) is 0 Å². The summed E-state index contributed by atoms with van der Waals surface area (Å²) in [7, 11) is 0. The maximum absolute atomic E-state index is 2.42. The van der Waals surface area contributed by atoms with Gasteiger partial charge in [0.2, 0.25) is 0 Å². The largest absolute Gasteiger partial charge is 1.00 e. The zero-order chi connectivity index (χ0) is 11.3. The minimum absolute atomic E-state index is 0. The SMILES string of the molecule is CC[N+]1(C2CC/C=C\CCC2)CCCCC1.[I-]. The first-order chi connectivity index (χ1) is 7.87. The van der Waals surface area contributed by atoms with Crippen LogP contribution in [0.1, 0.15) is 58.3 Å². The number of likely N-dealkylation sites (tertiary alicyclic amines) is 1. The lowest BCUT2D eigenvalue weighted by Gasteiger charge is -2.47. The fourth-order valence-electron chi connectivity index (χ4n) is 3.77. The van der Waals surface area contributed by atoms with E-state index in [-0.39, 0.29) is 24.0 Å². The second-order valence-electron chi connectivity index (χ2n) is 5.68. The van der Waals surface area contributed by atoms with E-state index in [0.717, 1.165) is 6.04 Å². The van der Waals surface area contributed by atoms with E-state index in [1.807, 2.05) is 0 Å². The van der Waals surface area contributed by atoms with Crippen LogP contribution in [0.2, 0.25) is 0 Å². The van der Waals surface area contributed by atoms with Gasteiger partial charge < -0.3 is 28.5 Å². The van der Waals surface area contributed by atoms with Gasteiger partial charge in [-0.05, 0) is 51.9 Å². The first-order valence-corrected chi connectivity index (χ1v) is 7.38. The predicted octanol–water partition coefficient (Wildman–Crippen LogP) is 0.900. The van der Waals surface area contributed by atoms with Gasteiger partial charge in [0.25, 0.3) is 0 Å². The first kappa shape index (κ1) is 15.5. The van der Waals surface area contributed by atoms with Gasteiger partial charge in [0.05, 0.1) is 25.7 Å². The van der Waals surface area contributed by atoms with E-state index in [0.29, 0.717) is 0 Å². The van der Waals surface area contributed by atoms with Crippen LogP contribution in [-0.4, -0.2) is 30.2 Å². The van der Waals surface area contributed by atoms with Crippen molar-refractivity contribution in [1.82, 2.24) is 0 Å². The molecule has 0 N–H and O–H groups in total. The third kappa shape index (κ3) is 3.95. The number of nitrogens with zero attached hydrogens (tertiary/aromatic N) is 1. The van der Waals surface area contributed by atoms with E-state index in [1.54, 1.807) is 0 Å². The topological polar surface area (TPSA) is 0 Å². The number of rotatable bonds is 2. The standard InChI is InChI=1S/C15H28N.HI/c1-2-16(13-9-6-10-14-16)15-11-7-4-3-5-8-12-15;/h3-4,15H,2,5-14H2,1H3;1H/q+1;/p-1/b4-3-;. The monoisotopic (exact) mass is 349 g/mol. The molecule has 0 radical (unpaired) electrons. The predicted molar refractivity (Wildman–Crippen MR) is 70.4 cm³/mol. The second kappa shape index (κ2) is 7.78. The van der Waals surface area contributed by atoms with Crippen molar-refractivity contribution in [3.8, 4) is 0 Å². The van der Waals surface area contributed by atoms with Crippen molar-refractivity contribution in [1.29, 1.82) is 0 Å². The molecule has 0 bridgehead atoms. The lowest BCUT2D eigenvalue weighted by atomic mass is 9.94. The minimum atomic E-state index is 0. The molecule has 0 aromatic carbocycles. The lowest BCUT2D eigenvalue weighted by molar-refractivity contribution is -0.954. The fourth-order valence-corrected chi connectivity index (χ4v) is 3.77. The zero-order valence-electron chi connectivity index (χ0n) is 11.3. The van der Waals surface area contributed by atoms with Crippen molar-refractivity contribution in [2.24, 2.45) is 0 Å². The molecule has 1 atom stereocenters. The summed E-state index contributed by atoms with van der Waals surface area (Å²) >= 11 is 0. The van der Waals surface area contributed by atoms with Gasteiger partial charge in [-0.2, -0.15) is 0 Å². The number of halogens is 1. The van der Waals surface area contributed by atoms with Gasteiger partial charge in [-0.1, -0.05) is 12.2 Å². The molecule has 1 aliphatic heterocycles. The van der Waals surface area contributed by atoms with Crippen molar-refractivity contribution in [3.05, 3.63) is 12.2 Å². The third-order valence-electron chi connectivity index (χ3n) is 4.85. The molecule has 0 aromatic rings. The first-order valence-electron chi connectivity index (χ1n) is 7.38. The van der Waals surface area contributed by atoms with Crippen LogP contribution < -0.4 is 24.0 Å². The molecule has 1 fully saturated rings. The zero-order valence-corrected chi connectivity index (χ0v) is 13.5. The van der Waals surface area contributed by atoms with Gasteiger partial charge in [0, 0.05) is 6.42 Å². The summed E-state index contributed by atoms with van der Waals surface area (Å²) in [5.74, 6) is 0. The van der Waals surface area contributed by atoms with E-state index < -0.39 is 0 Å². The fraction of sp³-hybridized carbons (Fsp3) is 0.867. The van der Waals surface area contributed by atoms with Crippen molar-refractivity contribution in [2.75, 3.05) is 19.6 Å². The number of quaternary nitrogens is 1. The van der Waals surface area contributed by atoms with Crippen LogP contribution in [0.5, 0.6) is 0 Å². The highest BCUT2D eigenvalue weighted by Crippen LogP contribution is 2.29. The lowest BCUT2D eigenvalue weighted by Crippen LogP contribution is -3.00. The Morgan fingerprint density at radius 1 is 0.941 bits per heavy atom. The highest BCUT2D eigenvalue weighted by molar-refractivity contribution is 4.85. The van der Waals surface area contributed by atoms with E-state index in [9.17, 15) is 0 Å². The van der Waals surface area contributed by atoms with Gasteiger partial charge in [0.15, 0.2) is 0 Å². The Morgan fingerprint density at radius 3 is 2.35 bits per heavy atom. The molecule has 1 aliphatic carbocycles. The highest BCUT2D eigenvalue weighted by atomic mass is 127. The highest BCUT2D eigenvalue weighted by Gasteiger charge is 2.35. The summed E-state index contributed by atoms with van der Waals surface area (Å²) < 4.78 is 1.45. The van der Waals surface area contributed by atoms with Crippen LogP contribution >= 0.6 is 0 Å². The van der Waals surface area contributed by atoms with Gasteiger partial charge in [-0.3, -0.25) is 0 Å². The third-order valence-corrected chi connectivity index (χ3v) is 4.85. The molecule has 0 amide bonds. The Bertz CT molecular complexity index is 231. The van der Waals surface area contributed by atoms with Gasteiger partial charge >= 0.3 is 0 Å². The number of hydrogen-bond acceptors (Lipinski definition) is 0. The average Bonchev–Trinajstić information content (AvgIpc) is 2.29. The number of allylic oxidation sites excluding steroid dienone is 2. The van der Waals surface area contributed by atoms with E-state index in [2.05, 4.69) is 19.1 Å². The van der Waals surface area contributed by atoms with Gasteiger partial charge in [0.1, 0.15) is 0 Å². The molecular weight excluding hydrogens is 321 g/mol. The summed E-state index contributed by atoms with van der Waals surface area (Å²) in [4.78, 5) is 0. The summed E-state index contributed by atoms with van der Waals surface area (Å²) in [6.07, 6.45) is 16.2. The smallest absolute Gasteiger partial charge is 0.0893 e. The average molecular weight is 349 g/mol. The van der Waals surface area contributed by atoms with Crippen molar-refractivity contribution < 1.29 is 28.5 Å². The van der Waals surface area contributed by atoms with E-state index in [4.69, 9.17) is 0 Å². The molecule has 2 aliphatic rings. The number of piperidine rings is 1. The molecule has 0 spiro atoms. The van der Waals surface area contributed by atoms with Crippen LogP contribution in [0.15, 0.2) is 12.2 Å². The normalized spacial score (nSPS) is 30.8. The molecule has 0 saturated carbocycles. The Kier molecular flexibility index (Phi) is 7.08. The summed E-state index contributed by atoms with van der Waals surface area (Å²) in [6, 6.07) is 0.968. The van der Waals surface area contributed by atoms with Crippen LogP contribution in [0.4, 0.5) is 0 Å². The quantitative estimate of drug-likeness (QED) is 0.395. The molecule has 100 valence electrons. The second-order valence-corrected chi connectivity index (χ2v) is 5.68.